The van der Waals surface area contributed by atoms with Crippen molar-refractivity contribution in [2.75, 3.05) is 31.1 Å². The number of nitrogens with one attached hydrogen (secondary N) is 1. The van der Waals surface area contributed by atoms with E-state index < -0.39 is 0 Å². The number of rotatable bonds is 3. The van der Waals surface area contributed by atoms with E-state index in [1.54, 1.807) is 6.33 Å². The quantitative estimate of drug-likeness (QED) is 0.752. The van der Waals surface area contributed by atoms with Gasteiger partial charge in [-0.05, 0) is 36.2 Å². The van der Waals surface area contributed by atoms with Crippen LogP contribution >= 0.6 is 11.9 Å². The van der Waals surface area contributed by atoms with E-state index in [1.807, 2.05) is 11.9 Å². The normalized spacial score (nSPS) is 16.3. The van der Waals surface area contributed by atoms with Crippen LogP contribution in [0.15, 0.2) is 59.8 Å². The van der Waals surface area contributed by atoms with Crippen molar-refractivity contribution in [3.8, 4) is 0 Å². The molecule has 0 aliphatic carbocycles. The van der Waals surface area contributed by atoms with Crippen molar-refractivity contribution < 1.29 is 0 Å². The van der Waals surface area contributed by atoms with E-state index in [0.29, 0.717) is 0 Å². The van der Waals surface area contributed by atoms with Crippen LogP contribution in [-0.4, -0.2) is 40.5 Å². The number of fused-ring (bicyclic) bond motifs is 1. The van der Waals surface area contributed by atoms with Gasteiger partial charge in [-0.15, -0.1) is 0 Å². The first-order chi connectivity index (χ1) is 10.9. The molecule has 1 aliphatic heterocycles. The van der Waals surface area contributed by atoms with E-state index in [-0.39, 0.29) is 0 Å². The molecule has 0 amide bonds. The summed E-state index contributed by atoms with van der Waals surface area (Å²) >= 11 is 1.85. The fourth-order valence-corrected chi connectivity index (χ4v) is 3.78. The van der Waals surface area contributed by atoms with Gasteiger partial charge in [-0.3, -0.25) is 0 Å². The molecule has 1 N–H and O–H groups in total. The smallest absolute Gasteiger partial charge is 0.112 e. The molecule has 4 rings (SSSR count). The highest BCUT2D eigenvalue weighted by Gasteiger charge is 2.19. The standard InChI is InChI=1S/C17H18N4S/c1-2-5-14(6-3-1)22-21-11-9-20(10-12-21)16-8-4-7-15-17(16)19-13-18-15/h1-8,13H,9-12H2,(H,18,19). The van der Waals surface area contributed by atoms with Gasteiger partial charge in [-0.1, -0.05) is 24.3 Å². The van der Waals surface area contributed by atoms with Gasteiger partial charge in [0.2, 0.25) is 0 Å². The maximum atomic E-state index is 4.46. The van der Waals surface area contributed by atoms with Crippen molar-refractivity contribution in [2.45, 2.75) is 4.90 Å². The zero-order valence-electron chi connectivity index (χ0n) is 12.3. The van der Waals surface area contributed by atoms with E-state index >= 15 is 0 Å². The molecule has 0 saturated carbocycles. The van der Waals surface area contributed by atoms with E-state index in [9.17, 15) is 0 Å². The Morgan fingerprint density at radius 3 is 2.55 bits per heavy atom. The second-order valence-electron chi connectivity index (χ2n) is 5.40. The monoisotopic (exact) mass is 310 g/mol. The summed E-state index contributed by atoms with van der Waals surface area (Å²) in [5, 5.41) is 0. The molecule has 0 spiro atoms. The van der Waals surface area contributed by atoms with Crippen LogP contribution in [0.2, 0.25) is 0 Å². The minimum Gasteiger partial charge on any atom is -0.367 e. The van der Waals surface area contributed by atoms with Gasteiger partial charge in [0, 0.05) is 31.1 Å². The van der Waals surface area contributed by atoms with Gasteiger partial charge in [0.15, 0.2) is 0 Å². The van der Waals surface area contributed by atoms with Crippen LogP contribution < -0.4 is 4.90 Å². The number of aromatic amines is 1. The highest BCUT2D eigenvalue weighted by Crippen LogP contribution is 2.28. The Bertz CT molecular complexity index is 747. The zero-order chi connectivity index (χ0) is 14.8. The number of hydrogen-bond acceptors (Lipinski definition) is 4. The first-order valence-corrected chi connectivity index (χ1v) is 8.32. The molecule has 0 unspecified atom stereocenters. The summed E-state index contributed by atoms with van der Waals surface area (Å²) < 4.78 is 2.44. The number of para-hydroxylation sites is 1. The molecule has 1 aromatic heterocycles. The minimum absolute atomic E-state index is 1.03. The van der Waals surface area contributed by atoms with E-state index in [2.05, 4.69) is 67.7 Å². The topological polar surface area (TPSA) is 35.2 Å². The lowest BCUT2D eigenvalue weighted by Gasteiger charge is -2.35. The molecule has 1 saturated heterocycles. The van der Waals surface area contributed by atoms with Crippen LogP contribution in [0, 0.1) is 0 Å². The Kier molecular flexibility index (Phi) is 3.74. The van der Waals surface area contributed by atoms with Gasteiger partial charge in [0.25, 0.3) is 0 Å². The number of piperazine rings is 1. The fourth-order valence-electron chi connectivity index (χ4n) is 2.86. The highest BCUT2D eigenvalue weighted by molar-refractivity contribution is 7.97. The van der Waals surface area contributed by atoms with Crippen molar-refractivity contribution in [3.63, 3.8) is 0 Å². The Labute approximate surface area is 134 Å². The Morgan fingerprint density at radius 1 is 0.909 bits per heavy atom. The number of benzene rings is 2. The van der Waals surface area contributed by atoms with Crippen LogP contribution in [0.4, 0.5) is 5.69 Å². The Balaban J connectivity index is 1.45. The van der Waals surface area contributed by atoms with Crippen molar-refractivity contribution >= 4 is 28.7 Å². The molecular formula is C17H18N4S. The SMILES string of the molecule is c1ccc(SN2CCN(c3cccc4[nH]cnc34)CC2)cc1. The third kappa shape index (κ3) is 2.69. The summed E-state index contributed by atoms with van der Waals surface area (Å²) in [5.74, 6) is 0. The highest BCUT2D eigenvalue weighted by atomic mass is 32.2. The summed E-state index contributed by atoms with van der Waals surface area (Å²) in [4.78, 5) is 11.4. The number of imidazole rings is 1. The van der Waals surface area contributed by atoms with Crippen LogP contribution in [0.1, 0.15) is 0 Å². The number of hydrogen-bond donors (Lipinski definition) is 1. The van der Waals surface area contributed by atoms with Crippen LogP contribution in [0.3, 0.4) is 0 Å². The number of nitrogens with zero attached hydrogens (tertiary/aromatic N) is 3. The van der Waals surface area contributed by atoms with Crippen molar-refractivity contribution in [1.82, 2.24) is 14.3 Å². The Morgan fingerprint density at radius 2 is 1.73 bits per heavy atom. The lowest BCUT2D eigenvalue weighted by molar-refractivity contribution is 0.430. The lowest BCUT2D eigenvalue weighted by Crippen LogP contribution is -2.43. The second-order valence-corrected chi connectivity index (χ2v) is 6.57. The molecule has 0 radical (unpaired) electrons. The third-order valence-corrected chi connectivity index (χ3v) is 5.09. The van der Waals surface area contributed by atoms with E-state index in [1.165, 1.54) is 10.6 Å². The van der Waals surface area contributed by atoms with Gasteiger partial charge in [0.1, 0.15) is 5.52 Å². The number of aromatic nitrogens is 2. The van der Waals surface area contributed by atoms with E-state index in [4.69, 9.17) is 0 Å². The summed E-state index contributed by atoms with van der Waals surface area (Å²) in [7, 11) is 0. The molecule has 3 aromatic rings. The average molecular weight is 310 g/mol. The molecule has 22 heavy (non-hydrogen) atoms. The molecule has 0 bridgehead atoms. The first kappa shape index (κ1) is 13.7. The molecule has 112 valence electrons. The number of H-pyrrole nitrogens is 1. The average Bonchev–Trinajstić information content (AvgIpc) is 3.05. The number of anilines is 1. The molecule has 4 nitrogen and oxygen atoms in total. The fraction of sp³-hybridized carbons (Fsp3) is 0.235. The maximum absolute atomic E-state index is 4.46. The molecular weight excluding hydrogens is 292 g/mol. The van der Waals surface area contributed by atoms with Gasteiger partial charge in [-0.2, -0.15) is 0 Å². The van der Waals surface area contributed by atoms with Gasteiger partial charge >= 0.3 is 0 Å². The summed E-state index contributed by atoms with van der Waals surface area (Å²) in [6, 6.07) is 16.9. The molecule has 5 heteroatoms. The molecule has 2 aromatic carbocycles. The predicted molar refractivity (Wildman–Crippen MR) is 92.2 cm³/mol. The first-order valence-electron chi connectivity index (χ1n) is 7.55. The second kappa shape index (κ2) is 6.02. The maximum Gasteiger partial charge on any atom is 0.112 e. The van der Waals surface area contributed by atoms with Crippen LogP contribution in [0.5, 0.6) is 0 Å². The van der Waals surface area contributed by atoms with E-state index in [0.717, 1.165) is 37.2 Å². The molecule has 1 fully saturated rings. The molecule has 1 aliphatic rings. The van der Waals surface area contributed by atoms with Crippen molar-refractivity contribution in [1.29, 1.82) is 0 Å². The third-order valence-electron chi connectivity index (χ3n) is 3.99. The van der Waals surface area contributed by atoms with Crippen LogP contribution in [0.25, 0.3) is 11.0 Å². The van der Waals surface area contributed by atoms with Crippen LogP contribution in [-0.2, 0) is 0 Å². The summed E-state index contributed by atoms with van der Waals surface area (Å²) in [5.41, 5.74) is 3.42. The minimum atomic E-state index is 1.03. The van der Waals surface area contributed by atoms with Gasteiger partial charge in [-0.25, -0.2) is 9.29 Å². The molecule has 0 atom stereocenters. The zero-order valence-corrected chi connectivity index (χ0v) is 13.1. The summed E-state index contributed by atoms with van der Waals surface area (Å²) in [6.07, 6.45) is 1.77. The van der Waals surface area contributed by atoms with Gasteiger partial charge < -0.3 is 9.88 Å². The van der Waals surface area contributed by atoms with Gasteiger partial charge in [0.05, 0.1) is 17.5 Å². The Hall–Kier alpha value is -1.98. The lowest BCUT2D eigenvalue weighted by atomic mass is 10.2. The largest absolute Gasteiger partial charge is 0.367 e. The molecule has 2 heterocycles. The summed E-state index contributed by atoms with van der Waals surface area (Å²) in [6.45, 7) is 4.18. The predicted octanol–water partition coefficient (Wildman–Crippen LogP) is 3.39. The van der Waals surface area contributed by atoms with Crippen molar-refractivity contribution in [3.05, 3.63) is 54.9 Å². The van der Waals surface area contributed by atoms with Crippen molar-refractivity contribution in [2.24, 2.45) is 0 Å².